The molecule has 8 nitrogen and oxygen atoms in total. The van der Waals surface area contributed by atoms with Crippen molar-refractivity contribution < 1.29 is 19.1 Å². The van der Waals surface area contributed by atoms with Crippen LogP contribution < -0.4 is 5.32 Å². The predicted octanol–water partition coefficient (Wildman–Crippen LogP) is 2.93. The van der Waals surface area contributed by atoms with Gasteiger partial charge in [-0.3, -0.25) is 24.2 Å². The molecule has 2 aromatic rings. The topological polar surface area (TPSA) is 94.7 Å². The first kappa shape index (κ1) is 21.0. The predicted molar refractivity (Wildman–Crippen MR) is 123 cm³/mol. The number of thioether (sulfide) groups is 1. The van der Waals surface area contributed by atoms with Crippen LogP contribution >= 0.6 is 11.8 Å². The Balaban J connectivity index is 1.41. The molecule has 32 heavy (non-hydrogen) atoms. The lowest BCUT2D eigenvalue weighted by Crippen LogP contribution is -2.35. The summed E-state index contributed by atoms with van der Waals surface area (Å²) in [5.41, 5.74) is 5.87. The first-order chi connectivity index (χ1) is 15.5. The maximum absolute atomic E-state index is 12.8. The second-order valence-corrected chi connectivity index (χ2v) is 9.11. The molecule has 2 fully saturated rings. The highest BCUT2D eigenvalue weighted by Crippen LogP contribution is 2.38. The van der Waals surface area contributed by atoms with E-state index in [4.69, 9.17) is 4.74 Å². The summed E-state index contributed by atoms with van der Waals surface area (Å²) in [6.07, 6.45) is 1.99. The maximum Gasteiger partial charge on any atom is 0.289 e. The van der Waals surface area contributed by atoms with E-state index < -0.39 is 0 Å². The molecule has 9 heteroatoms. The van der Waals surface area contributed by atoms with Crippen molar-refractivity contribution in [3.63, 3.8) is 0 Å². The average molecular weight is 453 g/mol. The second-order valence-electron chi connectivity index (χ2n) is 8.18. The van der Waals surface area contributed by atoms with Crippen molar-refractivity contribution in [3.05, 3.63) is 52.8 Å². The zero-order valence-corrected chi connectivity index (χ0v) is 18.6. The summed E-state index contributed by atoms with van der Waals surface area (Å²) in [4.78, 5) is 43.7. The van der Waals surface area contributed by atoms with Crippen LogP contribution in [0.3, 0.4) is 0 Å². The molecular weight excluding hydrogens is 428 g/mol. The third-order valence-corrected chi connectivity index (χ3v) is 6.90. The second kappa shape index (κ2) is 8.57. The van der Waals surface area contributed by atoms with Gasteiger partial charge in [-0.05, 0) is 41.8 Å². The largest absolute Gasteiger partial charge is 0.379 e. The molecule has 3 aliphatic heterocycles. The first-order valence-electron chi connectivity index (χ1n) is 10.6. The Morgan fingerprint density at radius 3 is 2.66 bits per heavy atom. The minimum absolute atomic E-state index is 0.150. The van der Waals surface area contributed by atoms with Gasteiger partial charge in [0.25, 0.3) is 11.1 Å². The number of hydrogen-bond acceptors (Lipinski definition) is 6. The molecule has 3 amide bonds. The number of nitrogens with zero attached hydrogens (tertiary/aromatic N) is 2. The fraction of sp³-hybridized carbons (Fsp3) is 0.348. The van der Waals surface area contributed by atoms with Crippen LogP contribution in [0.15, 0.2) is 30.5 Å². The van der Waals surface area contributed by atoms with Gasteiger partial charge in [0.2, 0.25) is 5.91 Å². The number of carbonyl (C=O) groups is 3. The molecule has 1 aromatic carbocycles. The van der Waals surface area contributed by atoms with E-state index in [0.29, 0.717) is 5.57 Å². The average Bonchev–Trinajstić information content (AvgIpc) is 3.47. The van der Waals surface area contributed by atoms with Gasteiger partial charge < -0.3 is 15.0 Å². The van der Waals surface area contributed by atoms with Crippen molar-refractivity contribution in [1.82, 2.24) is 14.8 Å². The number of benzene rings is 1. The van der Waals surface area contributed by atoms with E-state index in [0.717, 1.165) is 78.3 Å². The van der Waals surface area contributed by atoms with Crippen LogP contribution in [0.5, 0.6) is 0 Å². The van der Waals surface area contributed by atoms with Crippen LogP contribution in [0.1, 0.15) is 29.3 Å². The highest BCUT2D eigenvalue weighted by atomic mass is 32.2. The number of amides is 3. The van der Waals surface area contributed by atoms with Gasteiger partial charge in [0.15, 0.2) is 0 Å². The Morgan fingerprint density at radius 1 is 1.09 bits per heavy atom. The lowest BCUT2D eigenvalue weighted by Gasteiger charge is -2.25. The number of allylic oxidation sites excluding steroid dienone is 1. The molecule has 0 unspecified atom stereocenters. The first-order valence-corrected chi connectivity index (χ1v) is 11.6. The molecule has 4 heterocycles. The third-order valence-electron chi connectivity index (χ3n) is 6.04. The minimum atomic E-state index is -0.226. The number of aromatic amines is 1. The minimum Gasteiger partial charge on any atom is -0.379 e. The summed E-state index contributed by atoms with van der Waals surface area (Å²) in [6.45, 7) is 6.33. The highest BCUT2D eigenvalue weighted by Gasteiger charge is 2.31. The number of nitrogens with one attached hydrogen (secondary N) is 2. The summed E-state index contributed by atoms with van der Waals surface area (Å²) in [6, 6.07) is 7.66. The van der Waals surface area contributed by atoms with Crippen LogP contribution in [-0.2, 0) is 27.4 Å². The maximum atomic E-state index is 12.8. The van der Waals surface area contributed by atoms with E-state index in [1.54, 1.807) is 0 Å². The van der Waals surface area contributed by atoms with Crippen LogP contribution in [0.4, 0.5) is 10.5 Å². The molecule has 166 valence electrons. The van der Waals surface area contributed by atoms with Gasteiger partial charge in [-0.15, -0.1) is 0 Å². The van der Waals surface area contributed by atoms with Crippen molar-refractivity contribution in [2.75, 3.05) is 37.4 Å². The van der Waals surface area contributed by atoms with Gasteiger partial charge in [-0.25, -0.2) is 0 Å². The Morgan fingerprint density at radius 2 is 1.91 bits per heavy atom. The van der Waals surface area contributed by atoms with Crippen molar-refractivity contribution in [2.24, 2.45) is 0 Å². The van der Waals surface area contributed by atoms with Crippen molar-refractivity contribution in [3.8, 4) is 0 Å². The van der Waals surface area contributed by atoms with Crippen molar-refractivity contribution >= 4 is 45.6 Å². The summed E-state index contributed by atoms with van der Waals surface area (Å²) in [7, 11) is 0. The summed E-state index contributed by atoms with van der Waals surface area (Å²) in [5.74, 6) is -0.142. The lowest BCUT2D eigenvalue weighted by molar-refractivity contribution is -0.125. The Bertz CT molecular complexity index is 1120. The Hall–Kier alpha value is -2.88. The molecule has 0 aliphatic carbocycles. The van der Waals surface area contributed by atoms with Crippen LogP contribution in [0, 0.1) is 0 Å². The van der Waals surface area contributed by atoms with E-state index in [2.05, 4.69) is 21.3 Å². The normalized spacial score (nSPS) is 20.7. The van der Waals surface area contributed by atoms with Crippen LogP contribution in [-0.4, -0.2) is 63.9 Å². The molecule has 0 bridgehead atoms. The van der Waals surface area contributed by atoms with Gasteiger partial charge >= 0.3 is 0 Å². The van der Waals surface area contributed by atoms with Crippen molar-refractivity contribution in [1.29, 1.82) is 0 Å². The van der Waals surface area contributed by atoms with E-state index >= 15 is 0 Å². The number of imide groups is 1. The third kappa shape index (κ3) is 3.99. The van der Waals surface area contributed by atoms with Gasteiger partial charge in [-0.2, -0.15) is 0 Å². The zero-order valence-electron chi connectivity index (χ0n) is 17.8. The van der Waals surface area contributed by atoms with Gasteiger partial charge in [-0.1, -0.05) is 17.8 Å². The van der Waals surface area contributed by atoms with Crippen LogP contribution in [0.25, 0.3) is 11.1 Å². The van der Waals surface area contributed by atoms with Gasteiger partial charge in [0.05, 0.1) is 31.1 Å². The number of rotatable bonds is 5. The fourth-order valence-corrected chi connectivity index (χ4v) is 5.03. The zero-order chi connectivity index (χ0) is 22.2. The molecule has 5 rings (SSSR count). The fourth-order valence-electron chi connectivity index (χ4n) is 4.30. The smallest absolute Gasteiger partial charge is 0.289 e. The number of ether oxygens (including phenoxy) is 1. The number of carbonyl (C=O) groups excluding carboxylic acids is 3. The number of hydrogen-bond donors (Lipinski definition) is 2. The molecule has 2 N–H and O–H groups in total. The van der Waals surface area contributed by atoms with Gasteiger partial charge in [0, 0.05) is 42.8 Å². The van der Waals surface area contributed by atoms with E-state index in [-0.39, 0.29) is 29.4 Å². The molecule has 0 saturated carbocycles. The van der Waals surface area contributed by atoms with E-state index in [1.807, 2.05) is 31.3 Å². The molecule has 0 atom stereocenters. The monoisotopic (exact) mass is 452 g/mol. The summed E-state index contributed by atoms with van der Waals surface area (Å²) >= 11 is 1.02. The molecule has 0 radical (unpaired) electrons. The van der Waals surface area contributed by atoms with Crippen molar-refractivity contribution in [2.45, 2.75) is 20.0 Å². The Kier molecular flexibility index (Phi) is 5.62. The molecule has 2 saturated heterocycles. The number of morpholine rings is 1. The SMILES string of the molecule is C/C(=C1\C(=O)Nc2ccc(CN3C(=O)CSC3=O)cc21)c1cc(CN2CCOCC2)c[nH]1. The molecule has 3 aliphatic rings. The highest BCUT2D eigenvalue weighted by molar-refractivity contribution is 8.14. The number of aromatic nitrogens is 1. The van der Waals surface area contributed by atoms with E-state index in [1.165, 1.54) is 4.90 Å². The molecule has 0 spiro atoms. The Labute approximate surface area is 190 Å². The standard InChI is InChI=1S/C23H24N4O4S/c1-14(19-9-16(10-24-19)11-26-4-6-31-7-5-26)21-17-8-15(2-3-18(17)25-22(21)29)12-27-20(28)13-32-23(27)30/h2-3,8-10,24H,4-7,11-13H2,1H3,(H,25,29)/b21-14+. The number of anilines is 1. The quantitative estimate of drug-likeness (QED) is 0.678. The summed E-state index contributed by atoms with van der Waals surface area (Å²) in [5, 5.41) is 2.70. The molecule has 1 aromatic heterocycles. The summed E-state index contributed by atoms with van der Waals surface area (Å²) < 4.78 is 5.41. The van der Waals surface area contributed by atoms with Crippen LogP contribution in [0.2, 0.25) is 0 Å². The number of fused-ring (bicyclic) bond motifs is 1. The lowest BCUT2D eigenvalue weighted by atomic mass is 9.98. The number of H-pyrrole nitrogens is 1. The molecular formula is C23H24N4O4S. The van der Waals surface area contributed by atoms with E-state index in [9.17, 15) is 14.4 Å². The van der Waals surface area contributed by atoms with Gasteiger partial charge in [0.1, 0.15) is 0 Å².